The van der Waals surface area contributed by atoms with E-state index in [1.54, 1.807) is 4.90 Å². The number of hydrogen-bond donors (Lipinski definition) is 2. The molecule has 1 saturated heterocycles. The first-order chi connectivity index (χ1) is 14.5. The summed E-state index contributed by atoms with van der Waals surface area (Å²) in [6.07, 6.45) is -4.69. The Morgan fingerprint density at radius 2 is 1.84 bits per heavy atom. The molecule has 2 N–H and O–H groups in total. The first-order valence-corrected chi connectivity index (χ1v) is 10.5. The molecule has 168 valence electrons. The van der Waals surface area contributed by atoms with E-state index in [1.807, 2.05) is 0 Å². The van der Waals surface area contributed by atoms with Gasteiger partial charge in [-0.25, -0.2) is 13.2 Å². The maximum atomic E-state index is 13.3. The number of carbonyl (C=O) groups is 1. The van der Waals surface area contributed by atoms with Crippen LogP contribution in [0.3, 0.4) is 0 Å². The zero-order chi connectivity index (χ0) is 22.8. The van der Waals surface area contributed by atoms with Gasteiger partial charge in [-0.1, -0.05) is 0 Å². The third kappa shape index (κ3) is 5.02. The number of halogens is 3. The highest BCUT2D eigenvalue weighted by Crippen LogP contribution is 2.37. The molecule has 0 amide bonds. The van der Waals surface area contributed by atoms with Crippen LogP contribution in [0.1, 0.15) is 15.9 Å². The van der Waals surface area contributed by atoms with Gasteiger partial charge in [0.15, 0.2) is 0 Å². The number of benzene rings is 2. The highest BCUT2D eigenvalue weighted by molar-refractivity contribution is 7.92. The number of hydrogen-bond acceptors (Lipinski definition) is 6. The van der Waals surface area contributed by atoms with Gasteiger partial charge in [0.1, 0.15) is 10.6 Å². The van der Waals surface area contributed by atoms with Gasteiger partial charge in [0.05, 0.1) is 42.8 Å². The van der Waals surface area contributed by atoms with Crippen LogP contribution in [0.2, 0.25) is 0 Å². The van der Waals surface area contributed by atoms with Crippen LogP contribution in [0.25, 0.3) is 0 Å². The number of ether oxygens (including phenoxy) is 2. The number of anilines is 2. The highest BCUT2D eigenvalue weighted by Gasteiger charge is 2.33. The Morgan fingerprint density at radius 1 is 1.16 bits per heavy atom. The number of nitrogens with zero attached hydrogens (tertiary/aromatic N) is 1. The van der Waals surface area contributed by atoms with Crippen molar-refractivity contribution in [1.29, 1.82) is 0 Å². The van der Waals surface area contributed by atoms with Gasteiger partial charge in [-0.15, -0.1) is 0 Å². The second-order valence-electron chi connectivity index (χ2n) is 6.61. The molecule has 0 bridgehead atoms. The number of alkyl halides is 3. The second kappa shape index (κ2) is 8.63. The number of morpholine rings is 1. The van der Waals surface area contributed by atoms with E-state index in [0.29, 0.717) is 32.4 Å². The van der Waals surface area contributed by atoms with Crippen molar-refractivity contribution >= 4 is 27.4 Å². The van der Waals surface area contributed by atoms with Gasteiger partial charge in [-0.2, -0.15) is 13.2 Å². The summed E-state index contributed by atoms with van der Waals surface area (Å²) in [5.41, 5.74) is -1.40. The molecule has 0 saturated carbocycles. The van der Waals surface area contributed by atoms with Crippen LogP contribution in [0.15, 0.2) is 41.3 Å². The van der Waals surface area contributed by atoms with E-state index in [1.165, 1.54) is 13.2 Å². The maximum Gasteiger partial charge on any atom is 0.416 e. The zero-order valence-corrected chi connectivity index (χ0v) is 17.1. The van der Waals surface area contributed by atoms with E-state index < -0.39 is 32.6 Å². The molecule has 2 aromatic carbocycles. The molecule has 1 aliphatic heterocycles. The fraction of sp³-hybridized carbons (Fsp3) is 0.316. The van der Waals surface area contributed by atoms with Crippen molar-refractivity contribution in [2.45, 2.75) is 11.1 Å². The third-order valence-electron chi connectivity index (χ3n) is 4.62. The van der Waals surface area contributed by atoms with Gasteiger partial charge in [-0.3, -0.25) is 4.72 Å². The minimum absolute atomic E-state index is 0.155. The number of nitrogens with one attached hydrogen (secondary N) is 1. The highest BCUT2D eigenvalue weighted by atomic mass is 32.2. The molecule has 2 aromatic rings. The topological polar surface area (TPSA) is 105 Å². The summed E-state index contributed by atoms with van der Waals surface area (Å²) in [6.45, 7) is 1.39. The smallest absolute Gasteiger partial charge is 0.416 e. The van der Waals surface area contributed by atoms with Crippen LogP contribution < -0.4 is 14.4 Å². The largest absolute Gasteiger partial charge is 0.495 e. The van der Waals surface area contributed by atoms with Gasteiger partial charge in [0, 0.05) is 13.1 Å². The van der Waals surface area contributed by atoms with E-state index in [9.17, 15) is 26.4 Å². The number of carboxylic acids is 1. The Bertz CT molecular complexity index is 1080. The lowest BCUT2D eigenvalue weighted by atomic mass is 10.1. The predicted octanol–water partition coefficient (Wildman–Crippen LogP) is 3.05. The molecule has 0 spiro atoms. The van der Waals surface area contributed by atoms with E-state index in [4.69, 9.17) is 14.6 Å². The van der Waals surface area contributed by atoms with Crippen LogP contribution in [0, 0.1) is 0 Å². The molecule has 0 aliphatic carbocycles. The molecule has 3 rings (SSSR count). The van der Waals surface area contributed by atoms with Crippen LogP contribution in [0.4, 0.5) is 24.5 Å². The van der Waals surface area contributed by atoms with Crippen LogP contribution in [0.5, 0.6) is 5.75 Å². The maximum absolute atomic E-state index is 13.3. The lowest BCUT2D eigenvalue weighted by Crippen LogP contribution is -2.36. The van der Waals surface area contributed by atoms with Crippen molar-refractivity contribution in [1.82, 2.24) is 0 Å². The summed E-state index contributed by atoms with van der Waals surface area (Å²) in [7, 11) is -3.31. The second-order valence-corrected chi connectivity index (χ2v) is 8.26. The molecule has 0 radical (unpaired) electrons. The normalized spacial score (nSPS) is 14.9. The number of methoxy groups -OCH3 is 1. The average molecular weight is 460 g/mol. The minimum Gasteiger partial charge on any atom is -0.495 e. The molecule has 31 heavy (non-hydrogen) atoms. The lowest BCUT2D eigenvalue weighted by molar-refractivity contribution is -0.137. The standard InChI is InChI=1S/C19H19F3N2O6S/c1-29-16-5-2-12(18(25)26)10-17(16)31(27,28)23-14-11-13(19(20,21)22)3-4-15(14)24-6-8-30-9-7-24/h2-5,10-11,23H,6-9H2,1H3,(H,25,26). The summed E-state index contributed by atoms with van der Waals surface area (Å²) in [4.78, 5) is 12.4. The van der Waals surface area contributed by atoms with Crippen LogP contribution >= 0.6 is 0 Å². The van der Waals surface area contributed by atoms with E-state index in [2.05, 4.69) is 4.72 Å². The molecule has 1 aliphatic rings. The molecular weight excluding hydrogens is 441 g/mol. The van der Waals surface area contributed by atoms with Crippen LogP contribution in [-0.4, -0.2) is 52.9 Å². The summed E-state index contributed by atoms with van der Waals surface area (Å²) in [5.74, 6) is -1.52. The Morgan fingerprint density at radius 3 is 2.42 bits per heavy atom. The summed E-state index contributed by atoms with van der Waals surface area (Å²) in [6, 6.07) is 5.96. The average Bonchev–Trinajstić information content (AvgIpc) is 2.73. The van der Waals surface area contributed by atoms with E-state index >= 15 is 0 Å². The number of sulfonamides is 1. The summed E-state index contributed by atoms with van der Waals surface area (Å²) in [5, 5.41) is 9.17. The van der Waals surface area contributed by atoms with Crippen molar-refractivity contribution < 1.29 is 41.0 Å². The fourth-order valence-corrected chi connectivity index (χ4v) is 4.35. The van der Waals surface area contributed by atoms with Crippen molar-refractivity contribution in [2.75, 3.05) is 43.0 Å². The molecule has 0 atom stereocenters. The Balaban J connectivity index is 2.09. The number of carboxylic acid groups (broad SMARTS) is 1. The summed E-state index contributed by atoms with van der Waals surface area (Å²) < 4.78 is 78.3. The zero-order valence-electron chi connectivity index (χ0n) is 16.3. The van der Waals surface area contributed by atoms with Crippen molar-refractivity contribution in [2.24, 2.45) is 0 Å². The first-order valence-electron chi connectivity index (χ1n) is 9.01. The van der Waals surface area contributed by atoms with Gasteiger partial charge in [0.2, 0.25) is 0 Å². The van der Waals surface area contributed by atoms with Gasteiger partial charge >= 0.3 is 12.1 Å². The van der Waals surface area contributed by atoms with Gasteiger partial charge in [0.25, 0.3) is 10.0 Å². The Labute approximate surface area is 176 Å². The monoisotopic (exact) mass is 460 g/mol. The molecule has 0 aromatic heterocycles. The quantitative estimate of drug-likeness (QED) is 0.683. The SMILES string of the molecule is COc1ccc(C(=O)O)cc1S(=O)(=O)Nc1cc(C(F)(F)F)ccc1N1CCOCC1. The number of aromatic carboxylic acids is 1. The van der Waals surface area contributed by atoms with Gasteiger partial charge in [-0.05, 0) is 36.4 Å². The molecule has 0 unspecified atom stereocenters. The Hall–Kier alpha value is -2.99. The van der Waals surface area contributed by atoms with Crippen molar-refractivity contribution in [3.05, 3.63) is 47.5 Å². The molecule has 1 heterocycles. The minimum atomic E-state index is -4.69. The van der Waals surface area contributed by atoms with Crippen LogP contribution in [-0.2, 0) is 20.9 Å². The predicted molar refractivity (Wildman–Crippen MR) is 105 cm³/mol. The van der Waals surface area contributed by atoms with Crippen molar-refractivity contribution in [3.63, 3.8) is 0 Å². The molecular formula is C19H19F3N2O6S. The Kier molecular flexibility index (Phi) is 6.32. The fourth-order valence-electron chi connectivity index (χ4n) is 3.09. The third-order valence-corrected chi connectivity index (χ3v) is 6.01. The van der Waals surface area contributed by atoms with Crippen molar-refractivity contribution in [3.8, 4) is 5.75 Å². The molecule has 1 fully saturated rings. The first kappa shape index (κ1) is 22.7. The molecule has 8 nitrogen and oxygen atoms in total. The van der Waals surface area contributed by atoms with Gasteiger partial charge < -0.3 is 19.5 Å². The lowest BCUT2D eigenvalue weighted by Gasteiger charge is -2.31. The van der Waals surface area contributed by atoms with E-state index in [-0.39, 0.29) is 22.7 Å². The summed E-state index contributed by atoms with van der Waals surface area (Å²) >= 11 is 0. The number of rotatable bonds is 6. The van der Waals surface area contributed by atoms with E-state index in [0.717, 1.165) is 24.3 Å². The molecule has 12 heteroatoms.